The maximum Gasteiger partial charge on any atom is 0.272 e. The number of amides is 1. The maximum atomic E-state index is 12.8. The number of nitrogens with zero attached hydrogens (tertiary/aromatic N) is 3. The molecule has 0 aromatic carbocycles. The Kier molecular flexibility index (Phi) is 5.48. The molecule has 0 unspecified atom stereocenters. The SMILES string of the molecule is C[C@H](Cc1cccs1)N(C)C(=O)c1cc(N2CCOCC2)ccn1. The van der Waals surface area contributed by atoms with E-state index in [0.29, 0.717) is 5.69 Å². The summed E-state index contributed by atoms with van der Waals surface area (Å²) in [5.74, 6) is -0.0332. The topological polar surface area (TPSA) is 45.7 Å². The molecular weight excluding hydrogens is 322 g/mol. The third-order valence-corrected chi connectivity index (χ3v) is 5.30. The minimum absolute atomic E-state index is 0.0332. The van der Waals surface area contributed by atoms with Crippen molar-refractivity contribution < 1.29 is 9.53 Å². The monoisotopic (exact) mass is 345 g/mol. The average molecular weight is 345 g/mol. The third-order valence-electron chi connectivity index (χ3n) is 4.40. The van der Waals surface area contributed by atoms with Crippen LogP contribution in [0.25, 0.3) is 0 Å². The van der Waals surface area contributed by atoms with Crippen molar-refractivity contribution >= 4 is 22.9 Å². The van der Waals surface area contributed by atoms with Gasteiger partial charge in [-0.3, -0.25) is 9.78 Å². The highest BCUT2D eigenvalue weighted by atomic mass is 32.1. The number of ether oxygens (including phenoxy) is 1. The molecule has 5 nitrogen and oxygen atoms in total. The summed E-state index contributed by atoms with van der Waals surface area (Å²) in [5, 5.41) is 2.07. The van der Waals surface area contributed by atoms with E-state index in [9.17, 15) is 4.79 Å². The molecule has 0 aliphatic carbocycles. The number of carbonyl (C=O) groups excluding carboxylic acids is 1. The first-order valence-electron chi connectivity index (χ1n) is 8.23. The predicted molar refractivity (Wildman–Crippen MR) is 96.8 cm³/mol. The van der Waals surface area contributed by atoms with Gasteiger partial charge in [0.1, 0.15) is 5.69 Å². The quantitative estimate of drug-likeness (QED) is 0.836. The molecule has 1 aliphatic rings. The molecule has 0 saturated carbocycles. The molecule has 2 aromatic rings. The zero-order valence-electron chi connectivity index (χ0n) is 14.1. The summed E-state index contributed by atoms with van der Waals surface area (Å²) in [5.41, 5.74) is 1.54. The van der Waals surface area contributed by atoms with Gasteiger partial charge in [-0.15, -0.1) is 11.3 Å². The Morgan fingerprint density at radius 1 is 1.42 bits per heavy atom. The smallest absolute Gasteiger partial charge is 0.272 e. The van der Waals surface area contributed by atoms with Gasteiger partial charge >= 0.3 is 0 Å². The molecule has 1 fully saturated rings. The van der Waals surface area contributed by atoms with Gasteiger partial charge in [-0.05, 0) is 30.5 Å². The molecule has 128 valence electrons. The normalized spacial score (nSPS) is 16.0. The Hall–Kier alpha value is -1.92. The minimum Gasteiger partial charge on any atom is -0.378 e. The fourth-order valence-corrected chi connectivity index (χ4v) is 3.62. The van der Waals surface area contributed by atoms with Crippen molar-refractivity contribution in [3.8, 4) is 0 Å². The molecular formula is C18H23N3O2S. The van der Waals surface area contributed by atoms with Gasteiger partial charge in [0.2, 0.25) is 0 Å². The lowest BCUT2D eigenvalue weighted by atomic mass is 10.1. The van der Waals surface area contributed by atoms with Crippen molar-refractivity contribution in [3.05, 3.63) is 46.4 Å². The van der Waals surface area contributed by atoms with E-state index < -0.39 is 0 Å². The zero-order valence-corrected chi connectivity index (χ0v) is 15.0. The largest absolute Gasteiger partial charge is 0.378 e. The van der Waals surface area contributed by atoms with E-state index in [1.807, 2.05) is 25.2 Å². The van der Waals surface area contributed by atoms with E-state index in [-0.39, 0.29) is 11.9 Å². The van der Waals surface area contributed by atoms with Crippen LogP contribution in [0.3, 0.4) is 0 Å². The Bertz CT molecular complexity index is 669. The van der Waals surface area contributed by atoms with Crippen LogP contribution in [0.2, 0.25) is 0 Å². The Morgan fingerprint density at radius 3 is 2.92 bits per heavy atom. The lowest BCUT2D eigenvalue weighted by molar-refractivity contribution is 0.0738. The highest BCUT2D eigenvalue weighted by Gasteiger charge is 2.20. The average Bonchev–Trinajstić information content (AvgIpc) is 3.14. The van der Waals surface area contributed by atoms with Crippen LogP contribution in [0, 0.1) is 0 Å². The van der Waals surface area contributed by atoms with Crippen LogP contribution in [0.5, 0.6) is 0 Å². The molecule has 3 heterocycles. The number of hydrogen-bond acceptors (Lipinski definition) is 5. The standard InChI is InChI=1S/C18H23N3O2S/c1-14(12-16-4-3-11-24-16)20(2)18(22)17-13-15(5-6-19-17)21-7-9-23-10-8-21/h3-6,11,13-14H,7-10,12H2,1-2H3/t14-/m1/s1. The molecule has 1 amide bonds. The molecule has 1 saturated heterocycles. The van der Waals surface area contributed by atoms with E-state index >= 15 is 0 Å². The van der Waals surface area contributed by atoms with Crippen molar-refractivity contribution in [2.75, 3.05) is 38.3 Å². The number of morpholine rings is 1. The predicted octanol–water partition coefficient (Wildman–Crippen LogP) is 2.68. The van der Waals surface area contributed by atoms with E-state index in [4.69, 9.17) is 4.74 Å². The Balaban J connectivity index is 1.69. The first-order valence-corrected chi connectivity index (χ1v) is 9.11. The summed E-state index contributed by atoms with van der Waals surface area (Å²) in [7, 11) is 1.85. The van der Waals surface area contributed by atoms with Gasteiger partial charge in [0, 0.05) is 49.4 Å². The van der Waals surface area contributed by atoms with E-state index in [1.165, 1.54) is 4.88 Å². The summed E-state index contributed by atoms with van der Waals surface area (Å²) in [6.45, 7) is 5.22. The van der Waals surface area contributed by atoms with Gasteiger partial charge in [0.15, 0.2) is 0 Å². The lowest BCUT2D eigenvalue weighted by Crippen LogP contribution is -2.38. The molecule has 1 aliphatic heterocycles. The van der Waals surface area contributed by atoms with Crippen LogP contribution in [0.15, 0.2) is 35.8 Å². The van der Waals surface area contributed by atoms with Crippen molar-refractivity contribution in [1.82, 2.24) is 9.88 Å². The van der Waals surface area contributed by atoms with Crippen LogP contribution >= 0.6 is 11.3 Å². The molecule has 6 heteroatoms. The first kappa shape index (κ1) is 16.9. The molecule has 0 radical (unpaired) electrons. The fourth-order valence-electron chi connectivity index (χ4n) is 2.79. The van der Waals surface area contributed by atoms with Crippen LogP contribution in [-0.4, -0.2) is 55.2 Å². The van der Waals surface area contributed by atoms with Crippen molar-refractivity contribution in [2.24, 2.45) is 0 Å². The second-order valence-electron chi connectivity index (χ2n) is 6.05. The van der Waals surface area contributed by atoms with E-state index in [0.717, 1.165) is 38.4 Å². The van der Waals surface area contributed by atoms with Crippen molar-refractivity contribution in [3.63, 3.8) is 0 Å². The number of likely N-dealkylation sites (N-methyl/N-ethyl adjacent to an activating group) is 1. The van der Waals surface area contributed by atoms with Crippen LogP contribution in [-0.2, 0) is 11.2 Å². The molecule has 3 rings (SSSR count). The van der Waals surface area contributed by atoms with Gasteiger partial charge < -0.3 is 14.5 Å². The maximum absolute atomic E-state index is 12.8. The summed E-state index contributed by atoms with van der Waals surface area (Å²) in [4.78, 5) is 22.4. The zero-order chi connectivity index (χ0) is 16.9. The number of anilines is 1. The van der Waals surface area contributed by atoms with Crippen LogP contribution in [0.1, 0.15) is 22.3 Å². The lowest BCUT2D eigenvalue weighted by Gasteiger charge is -2.29. The first-order chi connectivity index (χ1) is 11.6. The molecule has 24 heavy (non-hydrogen) atoms. The molecule has 0 N–H and O–H groups in total. The van der Waals surface area contributed by atoms with Gasteiger partial charge in [-0.2, -0.15) is 0 Å². The molecule has 2 aromatic heterocycles. The number of pyridine rings is 1. The number of hydrogen-bond donors (Lipinski definition) is 0. The number of carbonyl (C=O) groups is 1. The number of thiophene rings is 1. The Labute approximate surface area is 146 Å². The summed E-state index contributed by atoms with van der Waals surface area (Å²) in [6.07, 6.45) is 2.58. The van der Waals surface area contributed by atoms with Gasteiger partial charge in [-0.1, -0.05) is 6.07 Å². The molecule has 0 spiro atoms. The molecule has 0 bridgehead atoms. The van der Waals surface area contributed by atoms with Gasteiger partial charge in [-0.25, -0.2) is 0 Å². The van der Waals surface area contributed by atoms with E-state index in [1.54, 1.807) is 22.4 Å². The van der Waals surface area contributed by atoms with Crippen molar-refractivity contribution in [1.29, 1.82) is 0 Å². The van der Waals surface area contributed by atoms with Crippen molar-refractivity contribution in [2.45, 2.75) is 19.4 Å². The third kappa shape index (κ3) is 3.94. The number of rotatable bonds is 5. The second-order valence-corrected chi connectivity index (χ2v) is 7.08. The highest BCUT2D eigenvalue weighted by molar-refractivity contribution is 7.09. The van der Waals surface area contributed by atoms with Crippen LogP contribution in [0.4, 0.5) is 5.69 Å². The van der Waals surface area contributed by atoms with Gasteiger partial charge in [0.25, 0.3) is 5.91 Å². The Morgan fingerprint density at radius 2 is 2.21 bits per heavy atom. The minimum atomic E-state index is -0.0332. The van der Waals surface area contributed by atoms with Crippen LogP contribution < -0.4 is 4.90 Å². The van der Waals surface area contributed by atoms with E-state index in [2.05, 4.69) is 28.3 Å². The fraction of sp³-hybridized carbons (Fsp3) is 0.444. The molecule has 1 atom stereocenters. The second kappa shape index (κ2) is 7.77. The summed E-state index contributed by atoms with van der Waals surface area (Å²) < 4.78 is 5.39. The number of aromatic nitrogens is 1. The van der Waals surface area contributed by atoms with Gasteiger partial charge in [0.05, 0.1) is 13.2 Å². The highest BCUT2D eigenvalue weighted by Crippen LogP contribution is 2.19. The summed E-state index contributed by atoms with van der Waals surface area (Å²) in [6, 6.07) is 8.13. The summed E-state index contributed by atoms with van der Waals surface area (Å²) >= 11 is 1.73.